The fraction of sp³-hybridized carbons (Fsp3) is 0.667. The zero-order valence-corrected chi connectivity index (χ0v) is 5.84. The number of hydrogen-bond donors (Lipinski definition) is 4. The Morgan fingerprint density at radius 2 is 2.18 bits per heavy atom. The van der Waals surface area contributed by atoms with E-state index in [1.807, 2.05) is 0 Å². The highest BCUT2D eigenvalue weighted by Gasteiger charge is 2.32. The van der Waals surface area contributed by atoms with Crippen LogP contribution in [0.1, 0.15) is 0 Å². The summed E-state index contributed by atoms with van der Waals surface area (Å²) in [6.07, 6.45) is -1.93. The Hall–Kier alpha value is -0.780. The molecule has 0 radical (unpaired) electrons. The molecule has 0 saturated carbocycles. The fourth-order valence-electron chi connectivity index (χ4n) is 0.868. The molecule has 0 saturated heterocycles. The summed E-state index contributed by atoms with van der Waals surface area (Å²) in [7, 11) is 0. The second-order valence-corrected chi connectivity index (χ2v) is 2.41. The minimum atomic E-state index is -1.15. The number of aliphatic hydroxyl groups is 3. The first-order valence-corrected chi connectivity index (χ1v) is 3.24. The van der Waals surface area contributed by atoms with E-state index in [9.17, 15) is 0 Å². The topological polar surface area (TPSA) is 95.9 Å². The first-order chi connectivity index (χ1) is 5.16. The van der Waals surface area contributed by atoms with Crippen molar-refractivity contribution in [1.29, 1.82) is 0 Å². The Balaban J connectivity index is 2.68. The molecule has 1 aliphatic heterocycles. The van der Waals surface area contributed by atoms with Gasteiger partial charge in [0.1, 0.15) is 24.6 Å². The van der Waals surface area contributed by atoms with Gasteiger partial charge in [-0.1, -0.05) is 0 Å². The van der Waals surface area contributed by atoms with Gasteiger partial charge >= 0.3 is 0 Å². The summed E-state index contributed by atoms with van der Waals surface area (Å²) in [4.78, 5) is 0. The van der Waals surface area contributed by atoms with Crippen LogP contribution in [0.2, 0.25) is 0 Å². The third-order valence-electron chi connectivity index (χ3n) is 1.60. The Morgan fingerprint density at radius 3 is 2.73 bits per heavy atom. The molecule has 64 valence electrons. The van der Waals surface area contributed by atoms with Gasteiger partial charge in [-0.05, 0) is 0 Å². The van der Waals surface area contributed by atoms with E-state index in [0.29, 0.717) is 0 Å². The molecule has 5 heteroatoms. The van der Waals surface area contributed by atoms with Crippen LogP contribution >= 0.6 is 0 Å². The number of hydrogen-bond acceptors (Lipinski definition) is 5. The summed E-state index contributed by atoms with van der Waals surface area (Å²) in [5, 5.41) is 26.9. The number of aliphatic hydroxyl groups excluding tert-OH is 3. The van der Waals surface area contributed by atoms with Gasteiger partial charge in [-0.2, -0.15) is 0 Å². The van der Waals surface area contributed by atoms with Gasteiger partial charge < -0.3 is 25.8 Å². The van der Waals surface area contributed by atoms with Gasteiger partial charge in [-0.25, -0.2) is 0 Å². The molecule has 0 fully saturated rings. The first kappa shape index (κ1) is 8.32. The highest BCUT2D eigenvalue weighted by atomic mass is 16.5. The molecule has 5 N–H and O–H groups in total. The fourth-order valence-corrected chi connectivity index (χ4v) is 0.868. The molecule has 11 heavy (non-hydrogen) atoms. The first-order valence-electron chi connectivity index (χ1n) is 3.24. The normalized spacial score (nSPS) is 37.7. The van der Waals surface area contributed by atoms with Crippen molar-refractivity contribution in [3.05, 3.63) is 12.0 Å². The third kappa shape index (κ3) is 1.45. The van der Waals surface area contributed by atoms with Gasteiger partial charge in [0.05, 0.1) is 12.3 Å². The average Bonchev–Trinajstić information content (AvgIpc) is 2.01. The molecule has 0 aromatic heterocycles. The summed E-state index contributed by atoms with van der Waals surface area (Å²) >= 11 is 0. The van der Waals surface area contributed by atoms with Gasteiger partial charge in [0.25, 0.3) is 0 Å². The van der Waals surface area contributed by atoms with Gasteiger partial charge in [0.2, 0.25) is 0 Å². The van der Waals surface area contributed by atoms with Crippen LogP contribution < -0.4 is 5.73 Å². The van der Waals surface area contributed by atoms with E-state index in [1.165, 1.54) is 0 Å². The van der Waals surface area contributed by atoms with Crippen LogP contribution in [0.3, 0.4) is 0 Å². The SMILES string of the molecule is NC1=CO[C@H](CO)[C@H](O)[C@@H]1O. The quantitative estimate of drug-likeness (QED) is 0.353. The van der Waals surface area contributed by atoms with E-state index in [-0.39, 0.29) is 12.3 Å². The van der Waals surface area contributed by atoms with Crippen LogP contribution in [-0.2, 0) is 4.74 Å². The van der Waals surface area contributed by atoms with E-state index >= 15 is 0 Å². The highest BCUT2D eigenvalue weighted by Crippen LogP contribution is 2.14. The monoisotopic (exact) mass is 161 g/mol. The minimum Gasteiger partial charge on any atom is -0.491 e. The molecule has 0 spiro atoms. The van der Waals surface area contributed by atoms with Crippen LogP contribution in [0.5, 0.6) is 0 Å². The molecule has 1 rings (SSSR count). The van der Waals surface area contributed by atoms with Crippen LogP contribution in [-0.4, -0.2) is 40.2 Å². The van der Waals surface area contributed by atoms with E-state index < -0.39 is 18.3 Å². The lowest BCUT2D eigenvalue weighted by atomic mass is 10.0. The smallest absolute Gasteiger partial charge is 0.150 e. The summed E-state index contributed by atoms with van der Waals surface area (Å²) < 4.78 is 4.78. The number of rotatable bonds is 1. The molecular formula is C6H11NO4. The predicted octanol–water partition coefficient (Wildman–Crippen LogP) is -2.10. The Bertz CT molecular complexity index is 170. The highest BCUT2D eigenvalue weighted by molar-refractivity contribution is 5.07. The van der Waals surface area contributed by atoms with Crippen LogP contribution in [0.25, 0.3) is 0 Å². The zero-order valence-electron chi connectivity index (χ0n) is 5.84. The zero-order chi connectivity index (χ0) is 8.43. The molecule has 5 nitrogen and oxygen atoms in total. The molecule has 0 amide bonds. The molecule has 1 heterocycles. The lowest BCUT2D eigenvalue weighted by Crippen LogP contribution is -2.46. The number of nitrogens with two attached hydrogens (primary N) is 1. The summed E-state index contributed by atoms with van der Waals surface area (Å²) in [6, 6.07) is 0. The van der Waals surface area contributed by atoms with E-state index in [4.69, 9.17) is 25.8 Å². The maximum Gasteiger partial charge on any atom is 0.150 e. The van der Waals surface area contributed by atoms with E-state index in [1.54, 1.807) is 0 Å². The van der Waals surface area contributed by atoms with E-state index in [0.717, 1.165) is 6.26 Å². The second-order valence-electron chi connectivity index (χ2n) is 2.41. The van der Waals surface area contributed by atoms with Crippen molar-refractivity contribution < 1.29 is 20.1 Å². The maximum atomic E-state index is 9.15. The molecule has 0 aromatic rings. The summed E-state index contributed by atoms with van der Waals surface area (Å²) in [5.41, 5.74) is 5.30. The number of ether oxygens (including phenoxy) is 1. The second kappa shape index (κ2) is 3.08. The molecule has 1 aliphatic rings. The van der Waals surface area contributed by atoms with Crippen molar-refractivity contribution in [3.8, 4) is 0 Å². The molecule has 0 unspecified atom stereocenters. The van der Waals surface area contributed by atoms with Crippen LogP contribution in [0, 0.1) is 0 Å². The van der Waals surface area contributed by atoms with E-state index in [2.05, 4.69) is 0 Å². The minimum absolute atomic E-state index is 0.0715. The van der Waals surface area contributed by atoms with Gasteiger partial charge in [0.15, 0.2) is 0 Å². The molecular weight excluding hydrogens is 150 g/mol. The Morgan fingerprint density at radius 1 is 1.55 bits per heavy atom. The average molecular weight is 161 g/mol. The molecule has 0 bridgehead atoms. The largest absolute Gasteiger partial charge is 0.491 e. The Kier molecular flexibility index (Phi) is 2.33. The standard InChI is InChI=1S/C6H11NO4/c7-3-2-11-4(1-8)6(10)5(3)9/h2,4-6,8-10H,1,7H2/t4-,5-,6+/m1/s1. The Labute approximate surface area is 63.7 Å². The van der Waals surface area contributed by atoms with Gasteiger partial charge in [-0.15, -0.1) is 0 Å². The summed E-state index contributed by atoms with van der Waals surface area (Å²) in [6.45, 7) is -0.345. The lowest BCUT2D eigenvalue weighted by Gasteiger charge is -2.29. The predicted molar refractivity (Wildman–Crippen MR) is 36.2 cm³/mol. The molecule has 0 aliphatic carbocycles. The van der Waals surface area contributed by atoms with Crippen molar-refractivity contribution in [2.75, 3.05) is 6.61 Å². The molecule has 3 atom stereocenters. The maximum absolute atomic E-state index is 9.15. The van der Waals surface area contributed by atoms with Crippen molar-refractivity contribution in [1.82, 2.24) is 0 Å². The lowest BCUT2D eigenvalue weighted by molar-refractivity contribution is -0.0868. The van der Waals surface area contributed by atoms with Gasteiger partial charge in [0, 0.05) is 0 Å². The molecule has 0 aromatic carbocycles. The van der Waals surface area contributed by atoms with Crippen LogP contribution in [0.15, 0.2) is 12.0 Å². The van der Waals surface area contributed by atoms with Crippen molar-refractivity contribution >= 4 is 0 Å². The van der Waals surface area contributed by atoms with Crippen molar-refractivity contribution in [2.45, 2.75) is 18.3 Å². The van der Waals surface area contributed by atoms with Gasteiger partial charge in [-0.3, -0.25) is 0 Å². The van der Waals surface area contributed by atoms with Crippen molar-refractivity contribution in [3.63, 3.8) is 0 Å². The summed E-state index contributed by atoms with van der Waals surface area (Å²) in [5.74, 6) is 0. The third-order valence-corrected chi connectivity index (χ3v) is 1.60. The van der Waals surface area contributed by atoms with Crippen molar-refractivity contribution in [2.24, 2.45) is 5.73 Å². The van der Waals surface area contributed by atoms with Crippen LogP contribution in [0.4, 0.5) is 0 Å².